The lowest BCUT2D eigenvalue weighted by molar-refractivity contribution is 0.133. The number of aryl methyl sites for hydroxylation is 1. The summed E-state index contributed by atoms with van der Waals surface area (Å²) >= 11 is 0. The summed E-state index contributed by atoms with van der Waals surface area (Å²) in [5, 5.41) is 0. The second kappa shape index (κ2) is 8.14. The Hall–Kier alpha value is -1.37. The lowest BCUT2D eigenvalue weighted by Crippen LogP contribution is -2.30. The third-order valence-corrected chi connectivity index (χ3v) is 6.28. The number of hydrogen-bond acceptors (Lipinski definition) is 0. The fraction of sp³-hybridized carbons (Fsp3) is 0.565. The van der Waals surface area contributed by atoms with Crippen molar-refractivity contribution in [1.29, 1.82) is 0 Å². The van der Waals surface area contributed by atoms with E-state index < -0.39 is 0 Å². The Morgan fingerprint density at radius 3 is 2.67 bits per heavy atom. The van der Waals surface area contributed by atoms with Gasteiger partial charge in [0.25, 0.3) is 0 Å². The van der Waals surface area contributed by atoms with E-state index in [0.717, 1.165) is 36.2 Å². The van der Waals surface area contributed by atoms with Gasteiger partial charge in [0.15, 0.2) is 0 Å². The minimum absolute atomic E-state index is 0.0201. The van der Waals surface area contributed by atoms with Gasteiger partial charge in [-0.2, -0.15) is 0 Å². The third-order valence-electron chi connectivity index (χ3n) is 6.28. The molecule has 4 unspecified atom stereocenters. The van der Waals surface area contributed by atoms with E-state index in [9.17, 15) is 4.39 Å². The molecule has 0 nitrogen and oxygen atoms in total. The van der Waals surface area contributed by atoms with Crippen LogP contribution >= 0.6 is 0 Å². The fourth-order valence-electron chi connectivity index (χ4n) is 4.95. The van der Waals surface area contributed by atoms with Crippen molar-refractivity contribution in [1.82, 2.24) is 0 Å². The minimum Gasteiger partial charge on any atom is -0.207 e. The van der Waals surface area contributed by atoms with Crippen LogP contribution in [-0.2, 0) is 6.42 Å². The Labute approximate surface area is 146 Å². The molecule has 1 aromatic carbocycles. The van der Waals surface area contributed by atoms with Crippen LogP contribution in [0, 0.1) is 23.6 Å². The van der Waals surface area contributed by atoms with Crippen molar-refractivity contribution in [3.05, 3.63) is 60.0 Å². The van der Waals surface area contributed by atoms with E-state index in [4.69, 9.17) is 0 Å². The van der Waals surface area contributed by atoms with E-state index >= 15 is 0 Å². The first-order valence-corrected chi connectivity index (χ1v) is 9.73. The number of benzene rings is 1. The van der Waals surface area contributed by atoms with Crippen molar-refractivity contribution in [2.75, 3.05) is 0 Å². The molecule has 2 fully saturated rings. The number of halogens is 1. The van der Waals surface area contributed by atoms with Gasteiger partial charge in [-0.05, 0) is 99.2 Å². The molecule has 0 heterocycles. The zero-order chi connectivity index (χ0) is 16.9. The molecule has 2 aliphatic rings. The lowest BCUT2D eigenvalue weighted by atomic mass is 9.64. The molecule has 2 aliphatic carbocycles. The Balaban J connectivity index is 1.63. The maximum absolute atomic E-state index is 14.4. The standard InChI is InChI=1S/C23H31F/c1-3-5-7-18-10-11-22(16-23(18)24)21-13-12-19-14-17(6-4-2)8-9-20(19)15-21/h3-4,6,10-11,16-17,19-21H,1,5,7-9,12-15H2,2H3/b6-4+. The van der Waals surface area contributed by atoms with Gasteiger partial charge in [0, 0.05) is 0 Å². The normalized spacial score (nSPS) is 30.2. The molecule has 0 aromatic heterocycles. The van der Waals surface area contributed by atoms with Crippen LogP contribution in [0.1, 0.15) is 68.9 Å². The summed E-state index contributed by atoms with van der Waals surface area (Å²) in [7, 11) is 0. The molecule has 1 heteroatoms. The van der Waals surface area contributed by atoms with Crippen molar-refractivity contribution in [2.24, 2.45) is 17.8 Å². The van der Waals surface area contributed by atoms with Crippen molar-refractivity contribution in [3.8, 4) is 0 Å². The molecular weight excluding hydrogens is 295 g/mol. The van der Waals surface area contributed by atoms with Crippen LogP contribution in [0.4, 0.5) is 4.39 Å². The van der Waals surface area contributed by atoms with Crippen LogP contribution in [-0.4, -0.2) is 0 Å². The number of fused-ring (bicyclic) bond motifs is 1. The van der Waals surface area contributed by atoms with E-state index in [1.165, 1.54) is 44.1 Å². The Morgan fingerprint density at radius 2 is 1.92 bits per heavy atom. The molecule has 0 aliphatic heterocycles. The number of hydrogen-bond donors (Lipinski definition) is 0. The molecule has 130 valence electrons. The van der Waals surface area contributed by atoms with Gasteiger partial charge >= 0.3 is 0 Å². The zero-order valence-corrected chi connectivity index (χ0v) is 15.0. The smallest absolute Gasteiger partial charge is 0.126 e. The van der Waals surface area contributed by atoms with Gasteiger partial charge in [-0.25, -0.2) is 4.39 Å². The van der Waals surface area contributed by atoms with Crippen molar-refractivity contribution < 1.29 is 4.39 Å². The summed E-state index contributed by atoms with van der Waals surface area (Å²) in [6.07, 6.45) is 16.0. The molecular formula is C23H31F. The average Bonchev–Trinajstić information content (AvgIpc) is 2.60. The Kier molecular flexibility index (Phi) is 5.92. The SMILES string of the molecule is C=CCCc1ccc(C2CCC3CC(/C=C/C)CCC3C2)cc1F. The van der Waals surface area contributed by atoms with E-state index in [-0.39, 0.29) is 5.82 Å². The molecule has 0 amide bonds. The van der Waals surface area contributed by atoms with Crippen LogP contribution in [0.3, 0.4) is 0 Å². The molecule has 0 bridgehead atoms. The predicted molar refractivity (Wildman–Crippen MR) is 101 cm³/mol. The minimum atomic E-state index is -0.0201. The molecule has 24 heavy (non-hydrogen) atoms. The van der Waals surface area contributed by atoms with Crippen LogP contribution < -0.4 is 0 Å². The second-order valence-electron chi connectivity index (χ2n) is 7.81. The summed E-state index contributed by atoms with van der Waals surface area (Å²) in [5.74, 6) is 3.09. The Bertz CT molecular complexity index is 586. The number of allylic oxidation sites excluding steroid dienone is 3. The first kappa shape index (κ1) is 17.5. The average molecular weight is 326 g/mol. The van der Waals surface area contributed by atoms with Gasteiger partial charge in [0.2, 0.25) is 0 Å². The molecule has 0 radical (unpaired) electrons. The molecule has 0 N–H and O–H groups in total. The van der Waals surface area contributed by atoms with E-state index in [2.05, 4.69) is 31.7 Å². The highest BCUT2D eigenvalue weighted by atomic mass is 19.1. The maximum atomic E-state index is 14.4. The van der Waals surface area contributed by atoms with Crippen LogP contribution in [0.2, 0.25) is 0 Å². The highest BCUT2D eigenvalue weighted by Crippen LogP contribution is 2.47. The fourth-order valence-corrected chi connectivity index (χ4v) is 4.95. The topological polar surface area (TPSA) is 0 Å². The van der Waals surface area contributed by atoms with E-state index in [1.54, 1.807) is 0 Å². The first-order valence-electron chi connectivity index (χ1n) is 9.73. The Morgan fingerprint density at radius 1 is 1.12 bits per heavy atom. The molecule has 4 atom stereocenters. The lowest BCUT2D eigenvalue weighted by Gasteiger charge is -2.41. The summed E-state index contributed by atoms with van der Waals surface area (Å²) in [5.41, 5.74) is 2.06. The zero-order valence-electron chi connectivity index (χ0n) is 15.0. The van der Waals surface area contributed by atoms with Gasteiger partial charge in [0.1, 0.15) is 5.82 Å². The van der Waals surface area contributed by atoms with Crippen molar-refractivity contribution >= 4 is 0 Å². The highest BCUT2D eigenvalue weighted by Gasteiger charge is 2.35. The maximum Gasteiger partial charge on any atom is 0.126 e. The molecule has 0 saturated heterocycles. The van der Waals surface area contributed by atoms with Crippen LogP contribution in [0.5, 0.6) is 0 Å². The first-order chi connectivity index (χ1) is 11.7. The van der Waals surface area contributed by atoms with Gasteiger partial charge in [-0.15, -0.1) is 6.58 Å². The number of rotatable bonds is 5. The van der Waals surface area contributed by atoms with Crippen molar-refractivity contribution in [2.45, 2.75) is 64.2 Å². The second-order valence-corrected chi connectivity index (χ2v) is 7.81. The quantitative estimate of drug-likeness (QED) is 0.521. The molecule has 1 aromatic rings. The summed E-state index contributed by atoms with van der Waals surface area (Å²) in [4.78, 5) is 0. The molecule has 3 rings (SSSR count). The summed E-state index contributed by atoms with van der Waals surface area (Å²) in [6.45, 7) is 5.86. The van der Waals surface area contributed by atoms with Crippen LogP contribution in [0.25, 0.3) is 0 Å². The summed E-state index contributed by atoms with van der Waals surface area (Å²) < 4.78 is 14.4. The van der Waals surface area contributed by atoms with E-state index in [1.807, 2.05) is 18.2 Å². The van der Waals surface area contributed by atoms with Gasteiger partial charge in [-0.1, -0.05) is 30.4 Å². The summed E-state index contributed by atoms with van der Waals surface area (Å²) in [6, 6.07) is 6.00. The van der Waals surface area contributed by atoms with Crippen molar-refractivity contribution in [3.63, 3.8) is 0 Å². The van der Waals surface area contributed by atoms with Gasteiger partial charge in [-0.3, -0.25) is 0 Å². The van der Waals surface area contributed by atoms with Crippen LogP contribution in [0.15, 0.2) is 43.0 Å². The predicted octanol–water partition coefficient (Wildman–Crippen LogP) is 6.82. The third kappa shape index (κ3) is 3.99. The largest absolute Gasteiger partial charge is 0.207 e. The van der Waals surface area contributed by atoms with Gasteiger partial charge < -0.3 is 0 Å². The molecule has 2 saturated carbocycles. The molecule has 0 spiro atoms. The monoisotopic (exact) mass is 326 g/mol. The van der Waals surface area contributed by atoms with Gasteiger partial charge in [0.05, 0.1) is 0 Å². The van der Waals surface area contributed by atoms with E-state index in [0.29, 0.717) is 5.92 Å². The highest BCUT2D eigenvalue weighted by molar-refractivity contribution is 5.28.